The fourth-order valence-electron chi connectivity index (χ4n) is 2.15. The summed E-state index contributed by atoms with van der Waals surface area (Å²) in [6.07, 6.45) is 3.62. The molecule has 0 saturated heterocycles. The number of nitrogens with one attached hydrogen (secondary N) is 1. The van der Waals surface area contributed by atoms with E-state index in [9.17, 15) is 0 Å². The van der Waals surface area contributed by atoms with Crippen LogP contribution in [0.1, 0.15) is 23.7 Å². The lowest BCUT2D eigenvalue weighted by atomic mass is 10.0. The number of hydrogen-bond donors (Lipinski definition) is 1. The minimum Gasteiger partial charge on any atom is -0.370 e. The number of anilines is 1. The van der Waals surface area contributed by atoms with E-state index in [1.807, 2.05) is 30.5 Å². The van der Waals surface area contributed by atoms with Crippen molar-refractivity contribution in [2.45, 2.75) is 13.5 Å². The topological polar surface area (TPSA) is 50.2 Å². The van der Waals surface area contributed by atoms with E-state index in [-0.39, 0.29) is 0 Å². The van der Waals surface area contributed by atoms with E-state index in [1.165, 1.54) is 5.56 Å². The Morgan fingerprint density at radius 1 is 1.17 bits per heavy atom. The smallest absolute Gasteiger partial charge is 0.135 e. The predicted molar refractivity (Wildman–Crippen MR) is 72.0 cm³/mol. The normalized spacial score (nSPS) is 13.1. The van der Waals surface area contributed by atoms with Crippen LogP contribution in [0.15, 0.2) is 41.7 Å². The molecule has 18 heavy (non-hydrogen) atoms. The van der Waals surface area contributed by atoms with Crippen molar-refractivity contribution in [1.29, 1.82) is 0 Å². The summed E-state index contributed by atoms with van der Waals surface area (Å²) < 4.78 is 0. The second kappa shape index (κ2) is 4.56. The van der Waals surface area contributed by atoms with Crippen LogP contribution in [0.5, 0.6) is 0 Å². The molecule has 2 aromatic rings. The number of pyridine rings is 2. The molecule has 2 aromatic heterocycles. The molecule has 0 radical (unpaired) electrons. The monoisotopic (exact) mass is 238 g/mol. The van der Waals surface area contributed by atoms with Crippen LogP contribution in [0.4, 0.5) is 5.82 Å². The van der Waals surface area contributed by atoms with Gasteiger partial charge in [-0.1, -0.05) is 6.07 Å². The highest BCUT2D eigenvalue weighted by atomic mass is 15.0. The van der Waals surface area contributed by atoms with Gasteiger partial charge >= 0.3 is 0 Å². The molecule has 4 nitrogen and oxygen atoms in total. The predicted octanol–water partition coefficient (Wildman–Crippen LogP) is 2.26. The first-order valence-corrected chi connectivity index (χ1v) is 6.08. The van der Waals surface area contributed by atoms with Crippen LogP contribution in [0, 0.1) is 0 Å². The number of nitrogens with zero attached hydrogens (tertiary/aromatic N) is 3. The maximum absolute atomic E-state index is 4.59. The number of hydrogen-bond acceptors (Lipinski definition) is 4. The first-order chi connectivity index (χ1) is 8.90. The molecule has 90 valence electrons. The van der Waals surface area contributed by atoms with Gasteiger partial charge in [0.1, 0.15) is 5.82 Å². The van der Waals surface area contributed by atoms with Crippen LogP contribution in [0.25, 0.3) is 0 Å². The van der Waals surface area contributed by atoms with Gasteiger partial charge in [-0.3, -0.25) is 9.98 Å². The van der Waals surface area contributed by atoms with Gasteiger partial charge in [0, 0.05) is 24.5 Å². The van der Waals surface area contributed by atoms with Crippen molar-refractivity contribution >= 4 is 11.5 Å². The van der Waals surface area contributed by atoms with Crippen molar-refractivity contribution in [1.82, 2.24) is 9.97 Å². The van der Waals surface area contributed by atoms with Crippen molar-refractivity contribution in [3.8, 4) is 0 Å². The molecule has 0 bridgehead atoms. The fourth-order valence-corrected chi connectivity index (χ4v) is 2.15. The van der Waals surface area contributed by atoms with E-state index in [0.717, 1.165) is 29.3 Å². The van der Waals surface area contributed by atoms with Gasteiger partial charge in [0.2, 0.25) is 0 Å². The lowest BCUT2D eigenvalue weighted by Crippen LogP contribution is -2.10. The van der Waals surface area contributed by atoms with Gasteiger partial charge in [0.15, 0.2) is 0 Å². The van der Waals surface area contributed by atoms with E-state index in [0.29, 0.717) is 6.54 Å². The minimum atomic E-state index is 0.710. The van der Waals surface area contributed by atoms with Gasteiger partial charge < -0.3 is 5.32 Å². The van der Waals surface area contributed by atoms with Crippen LogP contribution >= 0.6 is 0 Å². The van der Waals surface area contributed by atoms with E-state index >= 15 is 0 Å². The Morgan fingerprint density at radius 3 is 2.89 bits per heavy atom. The van der Waals surface area contributed by atoms with Crippen molar-refractivity contribution in [3.05, 3.63) is 53.5 Å². The second-order valence-electron chi connectivity index (χ2n) is 4.10. The van der Waals surface area contributed by atoms with Crippen LogP contribution in [-0.4, -0.2) is 22.2 Å². The number of aliphatic imine (C=N–C) groups is 1. The number of aromatic nitrogens is 2. The Bertz CT molecular complexity index is 590. The molecule has 0 fully saturated rings. The molecule has 4 heteroatoms. The van der Waals surface area contributed by atoms with Crippen molar-refractivity contribution < 1.29 is 0 Å². The summed E-state index contributed by atoms with van der Waals surface area (Å²) in [6, 6.07) is 7.90. The van der Waals surface area contributed by atoms with E-state index in [4.69, 9.17) is 0 Å². The van der Waals surface area contributed by atoms with Gasteiger partial charge in [-0.05, 0) is 30.7 Å². The maximum atomic E-state index is 4.59. The van der Waals surface area contributed by atoms with Gasteiger partial charge in [-0.15, -0.1) is 0 Å². The SMILES string of the molecule is CCNc1nccc2c1C(c1ccccn1)=NC2. The van der Waals surface area contributed by atoms with Crippen molar-refractivity contribution in [2.24, 2.45) is 4.99 Å². The zero-order valence-electron chi connectivity index (χ0n) is 10.2. The summed E-state index contributed by atoms with van der Waals surface area (Å²) in [4.78, 5) is 13.4. The highest BCUT2D eigenvalue weighted by Crippen LogP contribution is 2.27. The molecule has 0 aliphatic carbocycles. The third-order valence-corrected chi connectivity index (χ3v) is 2.93. The summed E-state index contributed by atoms with van der Waals surface area (Å²) in [5.41, 5.74) is 4.15. The molecule has 3 heterocycles. The minimum absolute atomic E-state index is 0.710. The highest BCUT2D eigenvalue weighted by Gasteiger charge is 2.22. The third kappa shape index (κ3) is 1.76. The van der Waals surface area contributed by atoms with E-state index < -0.39 is 0 Å². The first-order valence-electron chi connectivity index (χ1n) is 6.08. The summed E-state index contributed by atoms with van der Waals surface area (Å²) >= 11 is 0. The Hall–Kier alpha value is -2.23. The summed E-state index contributed by atoms with van der Waals surface area (Å²) in [5, 5.41) is 3.29. The molecule has 0 amide bonds. The molecular weight excluding hydrogens is 224 g/mol. The maximum Gasteiger partial charge on any atom is 0.135 e. The largest absolute Gasteiger partial charge is 0.370 e. The lowest BCUT2D eigenvalue weighted by Gasteiger charge is -2.10. The van der Waals surface area contributed by atoms with Crippen LogP contribution in [-0.2, 0) is 6.54 Å². The average molecular weight is 238 g/mol. The molecule has 1 N–H and O–H groups in total. The van der Waals surface area contributed by atoms with Gasteiger partial charge in [-0.2, -0.15) is 0 Å². The Kier molecular flexibility index (Phi) is 2.76. The first kappa shape index (κ1) is 10.9. The lowest BCUT2D eigenvalue weighted by molar-refractivity contribution is 1.09. The Balaban J connectivity index is 2.09. The number of rotatable bonds is 3. The third-order valence-electron chi connectivity index (χ3n) is 2.93. The van der Waals surface area contributed by atoms with Gasteiger partial charge in [0.25, 0.3) is 0 Å². The van der Waals surface area contributed by atoms with Crippen LogP contribution in [0.3, 0.4) is 0 Å². The molecule has 0 saturated carbocycles. The van der Waals surface area contributed by atoms with Crippen LogP contribution < -0.4 is 5.32 Å². The van der Waals surface area contributed by atoms with Crippen molar-refractivity contribution in [2.75, 3.05) is 11.9 Å². The molecule has 3 rings (SSSR count). The van der Waals surface area contributed by atoms with E-state index in [2.05, 4.69) is 27.2 Å². The van der Waals surface area contributed by atoms with Crippen LogP contribution in [0.2, 0.25) is 0 Å². The molecule has 0 aromatic carbocycles. The summed E-state index contributed by atoms with van der Waals surface area (Å²) in [6.45, 7) is 3.62. The highest BCUT2D eigenvalue weighted by molar-refractivity contribution is 6.16. The number of fused-ring (bicyclic) bond motifs is 1. The summed E-state index contributed by atoms with van der Waals surface area (Å²) in [5.74, 6) is 0.900. The molecule has 1 aliphatic rings. The quantitative estimate of drug-likeness (QED) is 0.892. The molecule has 0 atom stereocenters. The zero-order valence-corrected chi connectivity index (χ0v) is 10.2. The average Bonchev–Trinajstić information content (AvgIpc) is 2.85. The fraction of sp³-hybridized carbons (Fsp3) is 0.214. The van der Waals surface area contributed by atoms with Gasteiger partial charge in [0.05, 0.1) is 18.0 Å². The Labute approximate surface area is 106 Å². The molecule has 0 unspecified atom stereocenters. The molecule has 1 aliphatic heterocycles. The Morgan fingerprint density at radius 2 is 2.11 bits per heavy atom. The standard InChI is InChI=1S/C14H14N4/c1-2-15-14-12-10(6-8-17-14)9-18-13(12)11-5-3-4-7-16-11/h3-8H,2,9H2,1H3,(H,15,17). The van der Waals surface area contributed by atoms with E-state index in [1.54, 1.807) is 6.20 Å². The molecule has 0 spiro atoms. The zero-order chi connectivity index (χ0) is 12.4. The van der Waals surface area contributed by atoms with Gasteiger partial charge in [-0.25, -0.2) is 4.98 Å². The van der Waals surface area contributed by atoms with Crippen molar-refractivity contribution in [3.63, 3.8) is 0 Å². The molecular formula is C14H14N4. The second-order valence-corrected chi connectivity index (χ2v) is 4.10. The summed E-state index contributed by atoms with van der Waals surface area (Å²) in [7, 11) is 0.